The van der Waals surface area contributed by atoms with Crippen LogP contribution in [0, 0.1) is 0 Å². The second-order valence-corrected chi connectivity index (χ2v) is 4.97. The van der Waals surface area contributed by atoms with Gasteiger partial charge in [-0.1, -0.05) is 16.8 Å². The highest BCUT2D eigenvalue weighted by molar-refractivity contribution is 6.30. The van der Waals surface area contributed by atoms with E-state index in [1.807, 2.05) is 18.3 Å². The molecular weight excluding hydrogens is 285 g/mol. The Kier molecular flexibility index (Phi) is 5.05. The Balaban J connectivity index is 2.12. The average molecular weight is 300 g/mol. The Hall–Kier alpha value is -1.26. The van der Waals surface area contributed by atoms with E-state index in [4.69, 9.17) is 27.9 Å². The Morgan fingerprint density at radius 1 is 1.37 bits per heavy atom. The molecule has 2 rings (SSSR count). The zero-order valence-electron chi connectivity index (χ0n) is 10.6. The summed E-state index contributed by atoms with van der Waals surface area (Å²) in [6.07, 6.45) is 3.67. The lowest BCUT2D eigenvalue weighted by Gasteiger charge is -2.08. The number of rotatable bonds is 6. The van der Waals surface area contributed by atoms with Crippen molar-refractivity contribution in [2.75, 3.05) is 13.0 Å². The highest BCUT2D eigenvalue weighted by Crippen LogP contribution is 2.23. The third-order valence-electron chi connectivity index (χ3n) is 2.73. The summed E-state index contributed by atoms with van der Waals surface area (Å²) < 4.78 is 7.08. The van der Waals surface area contributed by atoms with Crippen LogP contribution in [-0.2, 0) is 13.0 Å². The molecule has 19 heavy (non-hydrogen) atoms. The molecule has 0 bridgehead atoms. The minimum absolute atomic E-state index is 0.581. The summed E-state index contributed by atoms with van der Waals surface area (Å²) >= 11 is 11.7. The molecule has 0 spiro atoms. The van der Waals surface area contributed by atoms with E-state index in [9.17, 15) is 0 Å². The lowest BCUT2D eigenvalue weighted by molar-refractivity contribution is 0.407. The SMILES string of the molecule is COc1ccc(Cl)cc1Cn1cc(CCCCl)nn1. The van der Waals surface area contributed by atoms with Gasteiger partial charge in [0.1, 0.15) is 5.75 Å². The molecule has 2 aromatic rings. The fourth-order valence-electron chi connectivity index (χ4n) is 1.82. The second-order valence-electron chi connectivity index (χ2n) is 4.16. The Morgan fingerprint density at radius 3 is 2.95 bits per heavy atom. The first-order valence-electron chi connectivity index (χ1n) is 6.00. The fourth-order valence-corrected chi connectivity index (χ4v) is 2.15. The summed E-state index contributed by atoms with van der Waals surface area (Å²) in [4.78, 5) is 0. The van der Waals surface area contributed by atoms with E-state index in [0.717, 1.165) is 29.8 Å². The van der Waals surface area contributed by atoms with Crippen molar-refractivity contribution in [1.82, 2.24) is 15.0 Å². The molecule has 4 nitrogen and oxygen atoms in total. The van der Waals surface area contributed by atoms with Gasteiger partial charge in [0, 0.05) is 22.7 Å². The van der Waals surface area contributed by atoms with Crippen molar-refractivity contribution >= 4 is 23.2 Å². The number of benzene rings is 1. The number of halogens is 2. The van der Waals surface area contributed by atoms with Crippen molar-refractivity contribution < 1.29 is 4.74 Å². The highest BCUT2D eigenvalue weighted by Gasteiger charge is 2.07. The van der Waals surface area contributed by atoms with Crippen LogP contribution in [0.25, 0.3) is 0 Å². The van der Waals surface area contributed by atoms with Crippen molar-refractivity contribution in [3.05, 3.63) is 40.7 Å². The predicted molar refractivity (Wildman–Crippen MR) is 76.2 cm³/mol. The molecule has 1 aromatic carbocycles. The van der Waals surface area contributed by atoms with Crippen molar-refractivity contribution in [3.63, 3.8) is 0 Å². The molecule has 1 aromatic heterocycles. The van der Waals surface area contributed by atoms with Crippen LogP contribution in [0.3, 0.4) is 0 Å². The number of alkyl halides is 1. The Morgan fingerprint density at radius 2 is 2.21 bits per heavy atom. The first kappa shape index (κ1) is 14.2. The summed E-state index contributed by atoms with van der Waals surface area (Å²) in [5, 5.41) is 8.88. The van der Waals surface area contributed by atoms with E-state index in [1.54, 1.807) is 17.9 Å². The topological polar surface area (TPSA) is 39.9 Å². The molecule has 0 aliphatic rings. The van der Waals surface area contributed by atoms with Gasteiger partial charge in [0.2, 0.25) is 0 Å². The van der Waals surface area contributed by atoms with Gasteiger partial charge in [-0.05, 0) is 31.0 Å². The van der Waals surface area contributed by atoms with Gasteiger partial charge in [0.15, 0.2) is 0 Å². The standard InChI is InChI=1S/C13H15Cl2N3O/c1-19-13-5-4-11(15)7-10(13)8-18-9-12(16-17-18)3-2-6-14/h4-5,7,9H,2-3,6,8H2,1H3. The first-order chi connectivity index (χ1) is 9.22. The van der Waals surface area contributed by atoms with Crippen LogP contribution in [0.1, 0.15) is 17.7 Å². The highest BCUT2D eigenvalue weighted by atomic mass is 35.5. The van der Waals surface area contributed by atoms with Gasteiger partial charge in [-0.2, -0.15) is 0 Å². The van der Waals surface area contributed by atoms with Crippen molar-refractivity contribution in [2.24, 2.45) is 0 Å². The Labute approximate surface area is 122 Å². The molecular formula is C13H15Cl2N3O. The van der Waals surface area contributed by atoms with E-state index in [-0.39, 0.29) is 0 Å². The molecule has 0 saturated heterocycles. The molecule has 0 aliphatic carbocycles. The summed E-state index contributed by atoms with van der Waals surface area (Å²) in [6.45, 7) is 0.581. The monoisotopic (exact) mass is 299 g/mol. The molecule has 0 radical (unpaired) electrons. The van der Waals surface area contributed by atoms with Crippen LogP contribution in [0.5, 0.6) is 5.75 Å². The molecule has 0 atom stereocenters. The molecule has 0 saturated carbocycles. The third kappa shape index (κ3) is 3.85. The molecule has 0 amide bonds. The number of aryl methyl sites for hydroxylation is 1. The summed E-state index contributed by atoms with van der Waals surface area (Å²) in [5.74, 6) is 1.43. The van der Waals surface area contributed by atoms with Gasteiger partial charge < -0.3 is 4.74 Å². The van der Waals surface area contributed by atoms with Crippen LogP contribution < -0.4 is 4.74 Å². The van der Waals surface area contributed by atoms with Crippen molar-refractivity contribution in [3.8, 4) is 5.75 Å². The number of nitrogens with zero attached hydrogens (tertiary/aromatic N) is 3. The normalized spacial score (nSPS) is 10.7. The maximum Gasteiger partial charge on any atom is 0.124 e. The molecule has 0 N–H and O–H groups in total. The van der Waals surface area contributed by atoms with Gasteiger partial charge in [0.05, 0.1) is 19.3 Å². The van der Waals surface area contributed by atoms with E-state index in [0.29, 0.717) is 17.4 Å². The third-order valence-corrected chi connectivity index (χ3v) is 3.23. The van der Waals surface area contributed by atoms with E-state index >= 15 is 0 Å². The van der Waals surface area contributed by atoms with Crippen LogP contribution in [-0.4, -0.2) is 28.0 Å². The van der Waals surface area contributed by atoms with Gasteiger partial charge in [-0.15, -0.1) is 16.7 Å². The molecule has 102 valence electrons. The van der Waals surface area contributed by atoms with Gasteiger partial charge in [-0.25, -0.2) is 4.68 Å². The molecule has 0 fully saturated rings. The smallest absolute Gasteiger partial charge is 0.124 e. The zero-order valence-corrected chi connectivity index (χ0v) is 12.2. The molecule has 1 heterocycles. The number of hydrogen-bond donors (Lipinski definition) is 0. The zero-order chi connectivity index (χ0) is 13.7. The predicted octanol–water partition coefficient (Wildman–Crippen LogP) is 3.16. The van der Waals surface area contributed by atoms with Crippen LogP contribution in [0.2, 0.25) is 5.02 Å². The summed E-state index contributed by atoms with van der Waals surface area (Å²) in [7, 11) is 1.64. The Bertz CT molecular complexity index is 542. The maximum atomic E-state index is 6.00. The summed E-state index contributed by atoms with van der Waals surface area (Å²) in [6, 6.07) is 5.53. The van der Waals surface area contributed by atoms with Crippen LogP contribution in [0.4, 0.5) is 0 Å². The maximum absolute atomic E-state index is 6.00. The van der Waals surface area contributed by atoms with Crippen LogP contribution >= 0.6 is 23.2 Å². The summed E-state index contributed by atoms with van der Waals surface area (Å²) in [5.41, 5.74) is 1.92. The first-order valence-corrected chi connectivity index (χ1v) is 6.91. The average Bonchev–Trinajstić information content (AvgIpc) is 2.84. The van der Waals surface area contributed by atoms with Gasteiger partial charge in [0.25, 0.3) is 0 Å². The van der Waals surface area contributed by atoms with Crippen molar-refractivity contribution in [2.45, 2.75) is 19.4 Å². The van der Waals surface area contributed by atoms with Gasteiger partial charge >= 0.3 is 0 Å². The number of aromatic nitrogens is 3. The van der Waals surface area contributed by atoms with E-state index in [2.05, 4.69) is 10.3 Å². The van der Waals surface area contributed by atoms with Gasteiger partial charge in [-0.3, -0.25) is 0 Å². The van der Waals surface area contributed by atoms with E-state index < -0.39 is 0 Å². The van der Waals surface area contributed by atoms with Crippen molar-refractivity contribution in [1.29, 1.82) is 0 Å². The second kappa shape index (κ2) is 6.78. The minimum Gasteiger partial charge on any atom is -0.496 e. The largest absolute Gasteiger partial charge is 0.496 e. The molecule has 0 unspecified atom stereocenters. The van der Waals surface area contributed by atoms with Crippen LogP contribution in [0.15, 0.2) is 24.4 Å². The number of ether oxygens (including phenoxy) is 1. The lowest BCUT2D eigenvalue weighted by atomic mass is 10.2. The number of hydrogen-bond acceptors (Lipinski definition) is 3. The fraction of sp³-hybridized carbons (Fsp3) is 0.385. The number of methoxy groups -OCH3 is 1. The minimum atomic E-state index is 0.581. The lowest BCUT2D eigenvalue weighted by Crippen LogP contribution is -2.02. The molecule has 0 aliphatic heterocycles. The van der Waals surface area contributed by atoms with E-state index in [1.165, 1.54) is 0 Å². The quantitative estimate of drug-likeness (QED) is 0.769. The molecule has 6 heteroatoms.